The normalized spacial score (nSPS) is 38.7. The van der Waals surface area contributed by atoms with E-state index in [4.69, 9.17) is 4.74 Å². The van der Waals surface area contributed by atoms with E-state index in [0.29, 0.717) is 0 Å². The summed E-state index contributed by atoms with van der Waals surface area (Å²) in [6.07, 6.45) is 3.75. The van der Waals surface area contributed by atoms with E-state index in [1.54, 1.807) is 0 Å². The summed E-state index contributed by atoms with van der Waals surface area (Å²) in [5, 5.41) is 0. The van der Waals surface area contributed by atoms with Gasteiger partial charge < -0.3 is 4.74 Å². The first-order valence-corrected chi connectivity index (χ1v) is 6.82. The molecule has 0 bridgehead atoms. The van der Waals surface area contributed by atoms with Crippen LogP contribution >= 0.6 is 0 Å². The predicted molar refractivity (Wildman–Crippen MR) is 70.6 cm³/mol. The molecule has 0 radical (unpaired) electrons. The van der Waals surface area contributed by atoms with Crippen molar-refractivity contribution in [2.24, 2.45) is 5.92 Å². The molecule has 1 aliphatic carbocycles. The van der Waals surface area contributed by atoms with Gasteiger partial charge in [0.25, 0.3) is 0 Å². The minimum Gasteiger partial charge on any atom is -0.486 e. The molecule has 92 valence electrons. The fourth-order valence-electron chi connectivity index (χ4n) is 4.13. The maximum Gasteiger partial charge on any atom is 0.126 e. The van der Waals surface area contributed by atoms with Crippen LogP contribution < -0.4 is 4.74 Å². The zero-order valence-corrected chi connectivity index (χ0v) is 11.3. The van der Waals surface area contributed by atoms with Gasteiger partial charge in [0.15, 0.2) is 0 Å². The van der Waals surface area contributed by atoms with Crippen LogP contribution in [0.1, 0.15) is 51.2 Å². The summed E-state index contributed by atoms with van der Waals surface area (Å²) in [5.41, 5.74) is 2.96. The summed E-state index contributed by atoms with van der Waals surface area (Å²) in [5.74, 6) is 1.92. The minimum atomic E-state index is 0.0160. The second kappa shape index (κ2) is 3.28. The average molecular weight is 230 g/mol. The van der Waals surface area contributed by atoms with Gasteiger partial charge in [-0.05, 0) is 38.2 Å². The van der Waals surface area contributed by atoms with E-state index >= 15 is 0 Å². The van der Waals surface area contributed by atoms with E-state index < -0.39 is 0 Å². The Labute approximate surface area is 104 Å². The van der Waals surface area contributed by atoms with Gasteiger partial charge in [0, 0.05) is 11.0 Å². The Kier molecular flexibility index (Phi) is 2.14. The molecule has 3 rings (SSSR count). The third-order valence-electron chi connectivity index (χ3n) is 5.48. The Morgan fingerprint density at radius 2 is 2.12 bits per heavy atom. The molecule has 1 aromatic carbocycles. The zero-order chi connectivity index (χ0) is 12.3. The average Bonchev–Trinajstić information content (AvgIpc) is 2.67. The van der Waals surface area contributed by atoms with Crippen molar-refractivity contribution >= 4 is 0 Å². The van der Waals surface area contributed by atoms with Gasteiger partial charge in [-0.25, -0.2) is 0 Å². The lowest BCUT2D eigenvalue weighted by Crippen LogP contribution is -2.45. The number of rotatable bonds is 1. The molecule has 0 aromatic heterocycles. The number of ether oxygens (including phenoxy) is 1. The van der Waals surface area contributed by atoms with Crippen LogP contribution in [0.15, 0.2) is 18.2 Å². The fraction of sp³-hybridized carbons (Fsp3) is 0.625. The maximum atomic E-state index is 6.38. The van der Waals surface area contributed by atoms with E-state index in [9.17, 15) is 0 Å². The van der Waals surface area contributed by atoms with Crippen LogP contribution in [0, 0.1) is 12.8 Å². The van der Waals surface area contributed by atoms with Gasteiger partial charge in [0.2, 0.25) is 0 Å². The molecule has 2 aliphatic rings. The van der Waals surface area contributed by atoms with E-state index in [-0.39, 0.29) is 11.0 Å². The summed E-state index contributed by atoms with van der Waals surface area (Å²) in [4.78, 5) is 0. The number of para-hydroxylation sites is 1. The maximum absolute atomic E-state index is 6.38. The highest BCUT2D eigenvalue weighted by Crippen LogP contribution is 2.61. The van der Waals surface area contributed by atoms with Crippen molar-refractivity contribution in [2.45, 2.75) is 58.0 Å². The summed E-state index contributed by atoms with van der Waals surface area (Å²) >= 11 is 0. The highest BCUT2D eigenvalue weighted by Gasteiger charge is 2.61. The lowest BCUT2D eigenvalue weighted by molar-refractivity contribution is 0.0534. The third kappa shape index (κ3) is 1.15. The summed E-state index contributed by atoms with van der Waals surface area (Å²) in [6, 6.07) is 6.62. The molecule has 0 amide bonds. The molecular weight excluding hydrogens is 208 g/mol. The topological polar surface area (TPSA) is 9.23 Å². The number of benzene rings is 1. The highest BCUT2D eigenvalue weighted by molar-refractivity contribution is 5.52. The van der Waals surface area contributed by atoms with E-state index in [1.165, 1.54) is 30.4 Å². The second-order valence-electron chi connectivity index (χ2n) is 6.13. The van der Waals surface area contributed by atoms with Crippen LogP contribution in [0.25, 0.3) is 0 Å². The lowest BCUT2D eigenvalue weighted by Gasteiger charge is -2.37. The Morgan fingerprint density at radius 3 is 2.82 bits per heavy atom. The molecule has 1 saturated carbocycles. The van der Waals surface area contributed by atoms with Crippen LogP contribution in [0.4, 0.5) is 0 Å². The van der Waals surface area contributed by atoms with Gasteiger partial charge in [-0.3, -0.25) is 0 Å². The van der Waals surface area contributed by atoms with Gasteiger partial charge >= 0.3 is 0 Å². The fourth-order valence-corrected chi connectivity index (χ4v) is 4.13. The van der Waals surface area contributed by atoms with Crippen molar-refractivity contribution in [3.05, 3.63) is 29.3 Å². The van der Waals surface area contributed by atoms with Crippen LogP contribution in [-0.4, -0.2) is 5.60 Å². The lowest BCUT2D eigenvalue weighted by atomic mass is 9.67. The van der Waals surface area contributed by atoms with Crippen molar-refractivity contribution < 1.29 is 4.74 Å². The summed E-state index contributed by atoms with van der Waals surface area (Å²) in [7, 11) is 0. The Hall–Kier alpha value is -0.980. The van der Waals surface area contributed by atoms with E-state index in [0.717, 1.165) is 11.7 Å². The molecule has 1 heterocycles. The highest BCUT2D eigenvalue weighted by atomic mass is 16.5. The van der Waals surface area contributed by atoms with Crippen molar-refractivity contribution in [3.8, 4) is 5.75 Å². The smallest absolute Gasteiger partial charge is 0.126 e. The monoisotopic (exact) mass is 230 g/mol. The molecule has 1 fully saturated rings. The van der Waals surface area contributed by atoms with E-state index in [2.05, 4.69) is 45.9 Å². The quantitative estimate of drug-likeness (QED) is 0.701. The molecule has 3 atom stereocenters. The molecule has 1 aliphatic heterocycles. The molecule has 0 N–H and O–H groups in total. The largest absolute Gasteiger partial charge is 0.486 e. The Balaban J connectivity index is 2.22. The molecule has 1 heteroatoms. The van der Waals surface area contributed by atoms with Crippen molar-refractivity contribution in [3.63, 3.8) is 0 Å². The van der Waals surface area contributed by atoms with E-state index in [1.807, 2.05) is 0 Å². The molecule has 17 heavy (non-hydrogen) atoms. The minimum absolute atomic E-state index is 0.0160. The Bertz CT molecular complexity index is 465. The van der Waals surface area contributed by atoms with Gasteiger partial charge in [-0.2, -0.15) is 0 Å². The zero-order valence-electron chi connectivity index (χ0n) is 11.3. The van der Waals surface area contributed by atoms with Crippen LogP contribution in [0.5, 0.6) is 5.75 Å². The molecule has 0 spiro atoms. The van der Waals surface area contributed by atoms with Gasteiger partial charge in [0.1, 0.15) is 11.4 Å². The van der Waals surface area contributed by atoms with Crippen LogP contribution in [0.2, 0.25) is 0 Å². The van der Waals surface area contributed by atoms with Crippen LogP contribution in [0.3, 0.4) is 0 Å². The molecule has 1 aromatic rings. The predicted octanol–water partition coefficient (Wildman–Crippen LogP) is 4.22. The Morgan fingerprint density at radius 1 is 1.35 bits per heavy atom. The van der Waals surface area contributed by atoms with Crippen molar-refractivity contribution in [2.75, 3.05) is 0 Å². The summed E-state index contributed by atoms with van der Waals surface area (Å²) < 4.78 is 6.38. The molecule has 0 saturated heterocycles. The van der Waals surface area contributed by atoms with Gasteiger partial charge in [-0.15, -0.1) is 0 Å². The third-order valence-corrected chi connectivity index (χ3v) is 5.48. The van der Waals surface area contributed by atoms with Crippen LogP contribution in [-0.2, 0) is 5.41 Å². The molecular formula is C16H22O. The van der Waals surface area contributed by atoms with Crippen molar-refractivity contribution in [1.82, 2.24) is 0 Å². The molecule has 2 unspecified atom stereocenters. The number of fused-ring (bicyclic) bond motifs is 3. The first-order chi connectivity index (χ1) is 8.03. The molecule has 1 nitrogen and oxygen atoms in total. The van der Waals surface area contributed by atoms with Gasteiger partial charge in [-0.1, -0.05) is 38.5 Å². The first kappa shape index (κ1) is 11.1. The van der Waals surface area contributed by atoms with Gasteiger partial charge in [0.05, 0.1) is 0 Å². The number of aryl methyl sites for hydroxylation is 1. The SMILES string of the molecule is CC[C@H]1CCC2(C)Oc3c(C)cccc3C12C. The van der Waals surface area contributed by atoms with Crippen molar-refractivity contribution in [1.29, 1.82) is 0 Å². The summed E-state index contributed by atoms with van der Waals surface area (Å²) in [6.45, 7) is 9.20. The second-order valence-corrected chi connectivity index (χ2v) is 6.13. The number of hydrogen-bond acceptors (Lipinski definition) is 1. The number of hydrogen-bond donors (Lipinski definition) is 0. The standard InChI is InChI=1S/C16H22O/c1-5-12-9-10-15(3)16(12,4)13-8-6-7-11(2)14(13)17-15/h6-8,12H,5,9-10H2,1-4H3/t12-,15?,16?/m0/s1. The first-order valence-electron chi connectivity index (χ1n) is 6.82.